The number of aryl methyl sites for hydroxylation is 2. The molecule has 0 radical (unpaired) electrons. The summed E-state index contributed by atoms with van der Waals surface area (Å²) in [5.41, 5.74) is 4.50. The van der Waals surface area contributed by atoms with Gasteiger partial charge in [-0.05, 0) is 79.4 Å². The maximum Gasteiger partial charge on any atom is 0.251 e. The lowest BCUT2D eigenvalue weighted by Crippen LogP contribution is -2.29. The highest BCUT2D eigenvalue weighted by Crippen LogP contribution is 2.24. The van der Waals surface area contributed by atoms with Gasteiger partial charge in [-0.2, -0.15) is 0 Å². The zero-order valence-electron chi connectivity index (χ0n) is 20.4. The number of benzene rings is 3. The first-order valence-electron chi connectivity index (χ1n) is 11.0. The first kappa shape index (κ1) is 26.4. The van der Waals surface area contributed by atoms with E-state index in [1.165, 1.54) is 22.7 Å². The van der Waals surface area contributed by atoms with Crippen LogP contribution in [0.4, 0.5) is 5.69 Å². The van der Waals surface area contributed by atoms with E-state index < -0.39 is 19.9 Å². The molecule has 0 spiro atoms. The molecule has 0 unspecified atom stereocenters. The van der Waals surface area contributed by atoms with E-state index in [0.29, 0.717) is 11.3 Å². The molecular formula is C26H30N2O5S2. The monoisotopic (exact) mass is 514 g/mol. The minimum atomic E-state index is -3.52. The van der Waals surface area contributed by atoms with Gasteiger partial charge in [-0.3, -0.25) is 9.10 Å². The van der Waals surface area contributed by atoms with Gasteiger partial charge >= 0.3 is 0 Å². The van der Waals surface area contributed by atoms with Crippen LogP contribution in [0.25, 0.3) is 0 Å². The molecule has 0 fully saturated rings. The number of hydrogen-bond donors (Lipinski definition) is 1. The van der Waals surface area contributed by atoms with Gasteiger partial charge in [0.2, 0.25) is 10.0 Å². The van der Waals surface area contributed by atoms with Crippen LogP contribution in [-0.2, 0) is 26.4 Å². The van der Waals surface area contributed by atoms with Gasteiger partial charge in [0, 0.05) is 11.8 Å². The fourth-order valence-corrected chi connectivity index (χ4v) is 5.29. The molecule has 1 atom stereocenters. The number of amides is 1. The number of rotatable bonds is 8. The lowest BCUT2D eigenvalue weighted by atomic mass is 10.1. The zero-order valence-corrected chi connectivity index (χ0v) is 22.1. The summed E-state index contributed by atoms with van der Waals surface area (Å²) in [6.07, 6.45) is 2.32. The van der Waals surface area contributed by atoms with E-state index in [2.05, 4.69) is 5.32 Å². The van der Waals surface area contributed by atoms with E-state index in [9.17, 15) is 21.6 Å². The summed E-state index contributed by atoms with van der Waals surface area (Å²) in [7, 11) is -6.80. The van der Waals surface area contributed by atoms with Crippen LogP contribution < -0.4 is 9.62 Å². The third-order valence-electron chi connectivity index (χ3n) is 5.59. The van der Waals surface area contributed by atoms with E-state index in [0.717, 1.165) is 28.5 Å². The minimum absolute atomic E-state index is 0.146. The first-order valence-corrected chi connectivity index (χ1v) is 14.7. The molecule has 0 heterocycles. The van der Waals surface area contributed by atoms with Crippen LogP contribution in [0.15, 0.2) is 71.6 Å². The highest BCUT2D eigenvalue weighted by Gasteiger charge is 2.19. The molecule has 0 aliphatic carbocycles. The number of carbonyl (C=O) groups excluding carboxylic acids is 1. The highest BCUT2D eigenvalue weighted by molar-refractivity contribution is 7.92. The van der Waals surface area contributed by atoms with Gasteiger partial charge in [0.1, 0.15) is 0 Å². The Morgan fingerprint density at radius 2 is 1.40 bits per heavy atom. The molecule has 3 aromatic rings. The predicted molar refractivity (Wildman–Crippen MR) is 139 cm³/mol. The van der Waals surface area contributed by atoms with Crippen LogP contribution in [-0.4, -0.2) is 35.3 Å². The molecule has 0 aromatic heterocycles. The van der Waals surface area contributed by atoms with Crippen molar-refractivity contribution in [3.8, 4) is 0 Å². The Bertz CT molecular complexity index is 1410. The van der Waals surface area contributed by atoms with Crippen molar-refractivity contribution >= 4 is 31.5 Å². The number of carbonyl (C=O) groups is 1. The van der Waals surface area contributed by atoms with E-state index in [1.54, 1.807) is 36.4 Å². The molecular weight excluding hydrogens is 484 g/mol. The molecule has 0 saturated carbocycles. The standard InChI is InChI=1S/C26H30N2O5S2/c1-18-14-19(2)16-24(15-18)28(35(5,32)33)17-21-6-8-23(9-7-21)26(29)27-20(3)22-10-12-25(13-11-22)34(4,30)31/h6-16,20H,17H2,1-5H3,(H,27,29)/t20-/m1/s1. The van der Waals surface area contributed by atoms with Gasteiger partial charge in [-0.15, -0.1) is 0 Å². The number of sulfone groups is 1. The third-order valence-corrected chi connectivity index (χ3v) is 7.86. The third kappa shape index (κ3) is 6.93. The smallest absolute Gasteiger partial charge is 0.251 e. The van der Waals surface area contributed by atoms with Crippen molar-refractivity contribution < 1.29 is 21.6 Å². The van der Waals surface area contributed by atoms with Gasteiger partial charge in [0.05, 0.1) is 29.4 Å². The second-order valence-electron chi connectivity index (χ2n) is 8.85. The SMILES string of the molecule is Cc1cc(C)cc(N(Cc2ccc(C(=O)N[C@H](C)c3ccc(S(C)(=O)=O)cc3)cc2)S(C)(=O)=O)c1. The predicted octanol–water partition coefficient (Wildman–Crippen LogP) is 4.16. The number of nitrogens with zero attached hydrogens (tertiary/aromatic N) is 1. The Kier molecular flexibility index (Phi) is 7.71. The molecule has 0 bridgehead atoms. The maximum atomic E-state index is 12.7. The average Bonchev–Trinajstić information content (AvgIpc) is 2.75. The molecule has 35 heavy (non-hydrogen) atoms. The van der Waals surface area contributed by atoms with Crippen LogP contribution in [0.3, 0.4) is 0 Å². The Morgan fingerprint density at radius 1 is 0.857 bits per heavy atom. The summed E-state index contributed by atoms with van der Waals surface area (Å²) in [6, 6.07) is 18.5. The Balaban J connectivity index is 1.73. The second-order valence-corrected chi connectivity index (χ2v) is 12.8. The quantitative estimate of drug-likeness (QED) is 0.486. The van der Waals surface area contributed by atoms with Crippen molar-refractivity contribution in [1.29, 1.82) is 0 Å². The van der Waals surface area contributed by atoms with E-state index in [-0.39, 0.29) is 23.4 Å². The Labute approximate surface area is 207 Å². The number of sulfonamides is 1. The number of nitrogens with one attached hydrogen (secondary N) is 1. The first-order chi connectivity index (χ1) is 16.2. The molecule has 1 amide bonds. The number of anilines is 1. The van der Waals surface area contributed by atoms with Gasteiger partial charge < -0.3 is 5.32 Å². The molecule has 0 aliphatic rings. The lowest BCUT2D eigenvalue weighted by molar-refractivity contribution is 0.0940. The van der Waals surface area contributed by atoms with Crippen LogP contribution in [0.2, 0.25) is 0 Å². The van der Waals surface area contributed by atoms with Crippen molar-refractivity contribution in [3.63, 3.8) is 0 Å². The Hall–Kier alpha value is -3.17. The minimum Gasteiger partial charge on any atom is -0.346 e. The van der Waals surface area contributed by atoms with E-state index >= 15 is 0 Å². The fourth-order valence-electron chi connectivity index (χ4n) is 3.79. The normalized spacial score (nSPS) is 12.7. The Morgan fingerprint density at radius 3 is 1.89 bits per heavy atom. The summed E-state index contributed by atoms with van der Waals surface area (Å²) in [5, 5.41) is 2.90. The van der Waals surface area contributed by atoms with E-state index in [1.807, 2.05) is 39.0 Å². The van der Waals surface area contributed by atoms with Crippen molar-refractivity contribution in [2.75, 3.05) is 16.8 Å². The summed E-state index contributed by atoms with van der Waals surface area (Å²) in [6.45, 7) is 5.80. The van der Waals surface area contributed by atoms with E-state index in [4.69, 9.17) is 0 Å². The molecule has 3 aromatic carbocycles. The number of hydrogen-bond acceptors (Lipinski definition) is 5. The van der Waals surface area contributed by atoms with Gasteiger partial charge in [0.15, 0.2) is 9.84 Å². The summed E-state index contributed by atoms with van der Waals surface area (Å²) >= 11 is 0. The molecule has 0 saturated heterocycles. The van der Waals surface area contributed by atoms with Crippen molar-refractivity contribution in [3.05, 3.63) is 94.5 Å². The molecule has 9 heteroatoms. The van der Waals surface area contributed by atoms with Crippen LogP contribution in [0.1, 0.15) is 45.6 Å². The summed E-state index contributed by atoms with van der Waals surface area (Å²) < 4.78 is 49.6. The van der Waals surface area contributed by atoms with Crippen LogP contribution >= 0.6 is 0 Å². The molecule has 186 valence electrons. The van der Waals surface area contributed by atoms with Crippen molar-refractivity contribution in [2.24, 2.45) is 0 Å². The van der Waals surface area contributed by atoms with Crippen LogP contribution in [0, 0.1) is 13.8 Å². The van der Waals surface area contributed by atoms with Gasteiger partial charge in [0.25, 0.3) is 5.91 Å². The second kappa shape index (κ2) is 10.2. The molecule has 0 aliphatic heterocycles. The zero-order chi connectivity index (χ0) is 26.0. The largest absolute Gasteiger partial charge is 0.346 e. The fraction of sp³-hybridized carbons (Fsp3) is 0.269. The highest BCUT2D eigenvalue weighted by atomic mass is 32.2. The van der Waals surface area contributed by atoms with Crippen molar-refractivity contribution in [2.45, 2.75) is 38.3 Å². The van der Waals surface area contributed by atoms with Gasteiger partial charge in [-0.25, -0.2) is 16.8 Å². The molecule has 3 rings (SSSR count). The van der Waals surface area contributed by atoms with Crippen molar-refractivity contribution in [1.82, 2.24) is 5.32 Å². The van der Waals surface area contributed by atoms with Gasteiger partial charge in [-0.1, -0.05) is 30.3 Å². The molecule has 7 nitrogen and oxygen atoms in total. The van der Waals surface area contributed by atoms with Crippen LogP contribution in [0.5, 0.6) is 0 Å². The summed E-state index contributed by atoms with van der Waals surface area (Å²) in [4.78, 5) is 13.0. The summed E-state index contributed by atoms with van der Waals surface area (Å²) in [5.74, 6) is -0.287. The lowest BCUT2D eigenvalue weighted by Gasteiger charge is -2.23. The average molecular weight is 515 g/mol. The molecule has 1 N–H and O–H groups in total. The maximum absolute atomic E-state index is 12.7. The topological polar surface area (TPSA) is 101 Å².